The first kappa shape index (κ1) is 46.0. The van der Waals surface area contributed by atoms with Crippen LogP contribution in [0.25, 0.3) is 0 Å². The van der Waals surface area contributed by atoms with Crippen molar-refractivity contribution in [2.45, 2.75) is 149 Å². The van der Waals surface area contributed by atoms with E-state index in [2.05, 4.69) is 5.32 Å². The zero-order chi connectivity index (χ0) is 46.0. The summed E-state index contributed by atoms with van der Waals surface area (Å²) in [6.45, 7) is 16.2. The van der Waals surface area contributed by atoms with Gasteiger partial charge in [-0.1, -0.05) is 52.3 Å². The van der Waals surface area contributed by atoms with Crippen molar-refractivity contribution in [1.29, 1.82) is 0 Å². The van der Waals surface area contributed by atoms with Gasteiger partial charge in [0.25, 0.3) is 0 Å². The second kappa shape index (κ2) is 16.5. The number of nitrogens with one attached hydrogen (secondary N) is 1. The molecule has 63 heavy (non-hydrogen) atoms. The Morgan fingerprint density at radius 2 is 1.65 bits per heavy atom. The number of alkyl carbamates (subject to hydrolysis) is 1. The van der Waals surface area contributed by atoms with E-state index in [-0.39, 0.29) is 42.3 Å². The average molecular weight is 876 g/mol. The molecule has 2 heterocycles. The summed E-state index contributed by atoms with van der Waals surface area (Å²) in [7, 11) is 0. The molecule has 0 radical (unpaired) electrons. The van der Waals surface area contributed by atoms with Crippen LogP contribution in [0, 0.1) is 34.5 Å². The van der Waals surface area contributed by atoms with E-state index in [0.29, 0.717) is 18.4 Å². The average Bonchev–Trinajstić information content (AvgIpc) is 3.71. The maximum Gasteiger partial charge on any atom is 0.408 e. The van der Waals surface area contributed by atoms with Crippen molar-refractivity contribution in [2.24, 2.45) is 34.5 Å². The minimum Gasteiger partial charge on any atom is -0.467 e. The van der Waals surface area contributed by atoms with E-state index in [1.54, 1.807) is 90.9 Å². The SMILES string of the molecule is CC(=O)O[C@H]1C(=O)[C@@]2(C)C([C@H](OC(=O)c3ccccc3)[C@]3(O)C[C@H](OC(=O)[C@H](C)[C@@H](NC(=O)OC(C)(C)C)c4ccco4)C(C)=C1C3(C)C)[C@]1(OC(=O)C3CCC3)CO[C@@H]1C[C@@H]2C. The lowest BCUT2D eigenvalue weighted by molar-refractivity contribution is -0.342. The van der Waals surface area contributed by atoms with E-state index in [4.69, 9.17) is 32.8 Å². The Labute approximate surface area is 367 Å². The first-order valence-electron chi connectivity index (χ1n) is 21.9. The normalized spacial score (nSPS) is 33.3. The van der Waals surface area contributed by atoms with Crippen molar-refractivity contribution < 1.29 is 66.7 Å². The van der Waals surface area contributed by atoms with Gasteiger partial charge < -0.3 is 43.3 Å². The van der Waals surface area contributed by atoms with Crippen LogP contribution < -0.4 is 5.32 Å². The molecule has 1 saturated heterocycles. The highest BCUT2D eigenvalue weighted by Crippen LogP contribution is 2.66. The first-order valence-corrected chi connectivity index (χ1v) is 21.9. The van der Waals surface area contributed by atoms with Crippen LogP contribution in [0.5, 0.6) is 0 Å². The third kappa shape index (κ3) is 7.87. The number of rotatable bonds is 10. The Bertz CT molecular complexity index is 2150. The van der Waals surface area contributed by atoms with Crippen LogP contribution in [0.2, 0.25) is 0 Å². The molecule has 2 bridgehead atoms. The topological polar surface area (TPSA) is 203 Å². The van der Waals surface area contributed by atoms with Gasteiger partial charge in [-0.25, -0.2) is 9.59 Å². The first-order chi connectivity index (χ1) is 29.5. The Kier molecular flexibility index (Phi) is 12.1. The molecule has 5 aliphatic rings. The fourth-order valence-corrected chi connectivity index (χ4v) is 10.7. The molecule has 1 aromatic heterocycles. The number of carbonyl (C=O) groups is 6. The summed E-state index contributed by atoms with van der Waals surface area (Å²) < 4.78 is 42.9. The quantitative estimate of drug-likeness (QED) is 0.144. The third-order valence-electron chi connectivity index (χ3n) is 14.7. The monoisotopic (exact) mass is 875 g/mol. The molecule has 3 saturated carbocycles. The molecule has 1 aromatic carbocycles. The highest BCUT2D eigenvalue weighted by molar-refractivity contribution is 5.95. The Morgan fingerprint density at radius 1 is 0.968 bits per heavy atom. The molecule has 1 unspecified atom stereocenters. The van der Waals surface area contributed by atoms with Gasteiger partial charge in [-0.3, -0.25) is 19.2 Å². The Morgan fingerprint density at radius 3 is 2.21 bits per heavy atom. The summed E-state index contributed by atoms with van der Waals surface area (Å²) in [6.07, 6.45) is -2.65. The number of fused-ring (bicyclic) bond motifs is 5. The van der Waals surface area contributed by atoms with E-state index in [9.17, 15) is 29.1 Å². The van der Waals surface area contributed by atoms with Crippen molar-refractivity contribution in [2.75, 3.05) is 6.61 Å². The smallest absolute Gasteiger partial charge is 0.408 e. The molecule has 4 aliphatic carbocycles. The zero-order valence-electron chi connectivity index (χ0n) is 37.8. The maximum absolute atomic E-state index is 15.8. The minimum absolute atomic E-state index is 0.152. The van der Waals surface area contributed by atoms with Crippen LogP contribution in [-0.4, -0.2) is 88.7 Å². The highest BCUT2D eigenvalue weighted by Gasteiger charge is 2.78. The molecular formula is C48H61NO14. The molecule has 1 aliphatic heterocycles. The molecule has 342 valence electrons. The fraction of sp³-hybridized carbons (Fsp3) is 0.625. The van der Waals surface area contributed by atoms with Gasteiger partial charge in [0.2, 0.25) is 0 Å². The predicted octanol–water partition coefficient (Wildman–Crippen LogP) is 6.75. The summed E-state index contributed by atoms with van der Waals surface area (Å²) in [6, 6.07) is 10.3. The van der Waals surface area contributed by atoms with E-state index < -0.39 is 112 Å². The number of ether oxygens (including phenoxy) is 6. The van der Waals surface area contributed by atoms with Crippen LogP contribution in [0.15, 0.2) is 64.3 Å². The number of amides is 1. The molecule has 15 heteroatoms. The predicted molar refractivity (Wildman–Crippen MR) is 223 cm³/mol. The molecule has 0 spiro atoms. The summed E-state index contributed by atoms with van der Waals surface area (Å²) in [5, 5.41) is 16.6. The summed E-state index contributed by atoms with van der Waals surface area (Å²) >= 11 is 0. The summed E-state index contributed by atoms with van der Waals surface area (Å²) in [5.74, 6) is -6.46. The van der Waals surface area contributed by atoms with Gasteiger partial charge in [0.15, 0.2) is 17.5 Å². The van der Waals surface area contributed by atoms with E-state index in [1.165, 1.54) is 20.1 Å². The molecular weight excluding hydrogens is 815 g/mol. The van der Waals surface area contributed by atoms with Crippen LogP contribution in [0.4, 0.5) is 4.79 Å². The van der Waals surface area contributed by atoms with Crippen LogP contribution >= 0.6 is 0 Å². The van der Waals surface area contributed by atoms with Crippen LogP contribution in [-0.2, 0) is 47.6 Å². The van der Waals surface area contributed by atoms with Crippen molar-refractivity contribution in [1.82, 2.24) is 5.32 Å². The number of esters is 4. The van der Waals surface area contributed by atoms with E-state index in [0.717, 1.165) is 6.42 Å². The number of furan rings is 1. The van der Waals surface area contributed by atoms with Gasteiger partial charge in [0.1, 0.15) is 41.3 Å². The standard InChI is InChI=1S/C48H61NO14/c1-25-22-33-47(24-58-33,62-42(54)30-18-14-19-30)37-39(61-41(53)29-16-12-11-13-17-29)48(56)23-32(26(2)34(45(48,8)9)36(59-28(4)50)38(51)46(25,37)10)60-40(52)27(3)35(31-20-15-21-57-31)49-43(55)63-44(5,6)7/h11-13,15-17,20-21,25,27,30,32-33,35-37,39,56H,14,18-19,22-24H2,1-10H3,(H,49,55)/t25-,27+,32-,33+,35+,36+,37?,39-,46+,47-,48+/m0/s1. The van der Waals surface area contributed by atoms with E-state index >= 15 is 4.79 Å². The van der Waals surface area contributed by atoms with Gasteiger partial charge in [0, 0.05) is 24.2 Å². The number of hydrogen-bond donors (Lipinski definition) is 2. The number of hydrogen-bond acceptors (Lipinski definition) is 14. The highest BCUT2D eigenvalue weighted by atomic mass is 16.6. The van der Waals surface area contributed by atoms with Gasteiger partial charge in [0.05, 0.1) is 36.2 Å². The largest absolute Gasteiger partial charge is 0.467 e. The lowest BCUT2D eigenvalue weighted by Crippen LogP contribution is -2.81. The molecule has 11 atom stereocenters. The molecule has 2 aromatic rings. The Balaban J connectivity index is 1.39. The third-order valence-corrected chi connectivity index (χ3v) is 14.7. The number of benzene rings is 1. The number of ketones is 1. The maximum atomic E-state index is 15.8. The van der Waals surface area contributed by atoms with Gasteiger partial charge in [-0.05, 0) is 95.2 Å². The number of aliphatic hydroxyl groups is 1. The van der Waals surface area contributed by atoms with E-state index in [1.807, 2.05) is 6.92 Å². The molecule has 4 fully saturated rings. The van der Waals surface area contributed by atoms with Gasteiger partial charge in [-0.2, -0.15) is 0 Å². The second-order valence-corrected chi connectivity index (χ2v) is 19.9. The Hall–Kier alpha value is -5.02. The van der Waals surface area contributed by atoms with Gasteiger partial charge >= 0.3 is 30.0 Å². The van der Waals surface area contributed by atoms with Gasteiger partial charge in [-0.15, -0.1) is 0 Å². The van der Waals surface area contributed by atoms with Crippen LogP contribution in [0.1, 0.15) is 124 Å². The van der Waals surface area contributed by atoms with Crippen molar-refractivity contribution in [3.8, 4) is 0 Å². The fourth-order valence-electron chi connectivity index (χ4n) is 10.7. The van der Waals surface area contributed by atoms with Crippen molar-refractivity contribution in [3.05, 3.63) is 71.2 Å². The van der Waals surface area contributed by atoms with Crippen molar-refractivity contribution in [3.63, 3.8) is 0 Å². The van der Waals surface area contributed by atoms with Crippen LogP contribution in [0.3, 0.4) is 0 Å². The summed E-state index contributed by atoms with van der Waals surface area (Å²) in [4.78, 5) is 85.0. The molecule has 1 amide bonds. The minimum atomic E-state index is -2.21. The lowest BCUT2D eigenvalue weighted by atomic mass is 9.43. The lowest BCUT2D eigenvalue weighted by Gasteiger charge is -2.68. The second-order valence-electron chi connectivity index (χ2n) is 19.9. The number of Topliss-reactive ketones (excluding diaryl/α,β-unsaturated/α-hetero) is 1. The van der Waals surface area contributed by atoms with Crippen molar-refractivity contribution >= 4 is 35.8 Å². The molecule has 2 N–H and O–H groups in total. The molecule has 7 rings (SSSR count). The number of carbonyl (C=O) groups excluding carboxylic acids is 6. The molecule has 15 nitrogen and oxygen atoms in total. The zero-order valence-corrected chi connectivity index (χ0v) is 37.8. The summed E-state index contributed by atoms with van der Waals surface area (Å²) in [5.41, 5.74) is -7.06.